The first-order valence-electron chi connectivity index (χ1n) is 7.97. The van der Waals surface area contributed by atoms with Crippen LogP contribution in [0.2, 0.25) is 0 Å². The van der Waals surface area contributed by atoms with Crippen LogP contribution in [0.3, 0.4) is 0 Å². The third-order valence-electron chi connectivity index (χ3n) is 3.77. The maximum atomic E-state index is 12.3. The van der Waals surface area contributed by atoms with Crippen molar-refractivity contribution >= 4 is 11.6 Å². The van der Waals surface area contributed by atoms with Crippen molar-refractivity contribution in [2.75, 3.05) is 12.4 Å². The predicted octanol–water partition coefficient (Wildman–Crippen LogP) is 3.64. The molecule has 3 aromatic rings. The molecule has 0 radical (unpaired) electrons. The van der Waals surface area contributed by atoms with Crippen LogP contribution in [0.1, 0.15) is 11.3 Å². The number of methoxy groups -OCH3 is 1. The first-order chi connectivity index (χ1) is 12.2. The molecule has 0 saturated carbocycles. The van der Waals surface area contributed by atoms with Gasteiger partial charge in [0.1, 0.15) is 5.75 Å². The Balaban J connectivity index is 1.68. The van der Waals surface area contributed by atoms with E-state index < -0.39 is 0 Å². The minimum atomic E-state index is -0.0935. The van der Waals surface area contributed by atoms with E-state index in [9.17, 15) is 4.79 Å². The van der Waals surface area contributed by atoms with Gasteiger partial charge in [0, 0.05) is 28.7 Å². The molecule has 126 valence electrons. The zero-order valence-corrected chi connectivity index (χ0v) is 14.2. The molecule has 0 aliphatic carbocycles. The summed E-state index contributed by atoms with van der Waals surface area (Å²) in [6, 6.07) is 16.9. The molecule has 1 aromatic heterocycles. The lowest BCUT2D eigenvalue weighted by molar-refractivity contribution is -0.115. The highest BCUT2D eigenvalue weighted by Crippen LogP contribution is 2.20. The zero-order valence-electron chi connectivity index (χ0n) is 14.2. The van der Waals surface area contributed by atoms with E-state index in [1.807, 2.05) is 61.5 Å². The van der Waals surface area contributed by atoms with Gasteiger partial charge in [-0.1, -0.05) is 18.2 Å². The van der Waals surface area contributed by atoms with E-state index in [0.717, 1.165) is 22.5 Å². The Hall–Kier alpha value is -3.21. The topological polar surface area (TPSA) is 64.1 Å². The van der Waals surface area contributed by atoms with E-state index in [1.54, 1.807) is 13.3 Å². The van der Waals surface area contributed by atoms with Crippen molar-refractivity contribution in [1.82, 2.24) is 9.97 Å². The average Bonchev–Trinajstić information content (AvgIpc) is 2.63. The van der Waals surface area contributed by atoms with Gasteiger partial charge in [-0.25, -0.2) is 9.97 Å². The van der Waals surface area contributed by atoms with Crippen LogP contribution in [0.5, 0.6) is 5.75 Å². The smallest absolute Gasteiger partial charge is 0.228 e. The molecule has 0 aliphatic rings. The van der Waals surface area contributed by atoms with Crippen molar-refractivity contribution in [3.05, 3.63) is 72.1 Å². The maximum Gasteiger partial charge on any atom is 0.228 e. The van der Waals surface area contributed by atoms with Gasteiger partial charge in [-0.3, -0.25) is 4.79 Å². The van der Waals surface area contributed by atoms with E-state index >= 15 is 0 Å². The van der Waals surface area contributed by atoms with Gasteiger partial charge in [-0.2, -0.15) is 0 Å². The van der Waals surface area contributed by atoms with Gasteiger partial charge in [0.25, 0.3) is 0 Å². The Morgan fingerprint density at radius 1 is 1.08 bits per heavy atom. The molecule has 3 rings (SSSR count). The fourth-order valence-corrected chi connectivity index (χ4v) is 2.52. The van der Waals surface area contributed by atoms with Crippen LogP contribution in [0.4, 0.5) is 5.69 Å². The maximum absolute atomic E-state index is 12.3. The lowest BCUT2D eigenvalue weighted by Crippen LogP contribution is -2.14. The molecular weight excluding hydrogens is 314 g/mol. The number of benzene rings is 2. The van der Waals surface area contributed by atoms with E-state index in [0.29, 0.717) is 11.6 Å². The third kappa shape index (κ3) is 4.20. The number of hydrogen-bond donors (Lipinski definition) is 1. The molecule has 0 saturated heterocycles. The van der Waals surface area contributed by atoms with Gasteiger partial charge in [0.2, 0.25) is 5.91 Å². The lowest BCUT2D eigenvalue weighted by Gasteiger charge is -2.09. The van der Waals surface area contributed by atoms with Gasteiger partial charge in [-0.05, 0) is 43.3 Å². The molecule has 25 heavy (non-hydrogen) atoms. The summed E-state index contributed by atoms with van der Waals surface area (Å²) in [4.78, 5) is 20.9. The summed E-state index contributed by atoms with van der Waals surface area (Å²) < 4.78 is 5.28. The van der Waals surface area contributed by atoms with Crippen LogP contribution in [-0.4, -0.2) is 23.0 Å². The van der Waals surface area contributed by atoms with Crippen molar-refractivity contribution in [1.29, 1.82) is 0 Å². The molecule has 0 spiro atoms. The second-order valence-electron chi connectivity index (χ2n) is 5.64. The second kappa shape index (κ2) is 7.57. The number of aromatic nitrogens is 2. The fraction of sp³-hybridized carbons (Fsp3) is 0.150. The monoisotopic (exact) mass is 333 g/mol. The number of nitrogens with one attached hydrogen (secondary N) is 1. The van der Waals surface area contributed by atoms with Gasteiger partial charge >= 0.3 is 0 Å². The van der Waals surface area contributed by atoms with Crippen LogP contribution in [-0.2, 0) is 11.2 Å². The zero-order chi connectivity index (χ0) is 17.6. The number of nitrogens with zero attached hydrogens (tertiary/aromatic N) is 2. The molecule has 0 bridgehead atoms. The number of para-hydroxylation sites is 1. The molecule has 0 aliphatic heterocycles. The fourth-order valence-electron chi connectivity index (χ4n) is 2.52. The highest BCUT2D eigenvalue weighted by atomic mass is 16.5. The molecule has 0 atom stereocenters. The van der Waals surface area contributed by atoms with Crippen LogP contribution >= 0.6 is 0 Å². The summed E-state index contributed by atoms with van der Waals surface area (Å²) >= 11 is 0. The van der Waals surface area contributed by atoms with Crippen LogP contribution in [0, 0.1) is 6.92 Å². The number of aryl methyl sites for hydroxylation is 1. The number of amides is 1. The minimum Gasteiger partial charge on any atom is -0.496 e. The van der Waals surface area contributed by atoms with Crippen LogP contribution in [0.25, 0.3) is 11.4 Å². The summed E-state index contributed by atoms with van der Waals surface area (Å²) in [6.45, 7) is 1.93. The molecule has 0 fully saturated rings. The molecule has 5 nitrogen and oxygen atoms in total. The van der Waals surface area contributed by atoms with Gasteiger partial charge in [0.15, 0.2) is 5.82 Å². The van der Waals surface area contributed by atoms with Crippen LogP contribution in [0.15, 0.2) is 60.8 Å². The van der Waals surface area contributed by atoms with Gasteiger partial charge in [-0.15, -0.1) is 0 Å². The normalized spacial score (nSPS) is 10.3. The number of rotatable bonds is 5. The Bertz CT molecular complexity index is 876. The number of anilines is 1. The van der Waals surface area contributed by atoms with Crippen LogP contribution < -0.4 is 10.1 Å². The summed E-state index contributed by atoms with van der Waals surface area (Å²) in [6.07, 6.45) is 1.99. The Labute approximate surface area is 146 Å². The summed E-state index contributed by atoms with van der Waals surface area (Å²) in [5, 5.41) is 2.90. The second-order valence-corrected chi connectivity index (χ2v) is 5.64. The van der Waals surface area contributed by atoms with Gasteiger partial charge < -0.3 is 10.1 Å². The lowest BCUT2D eigenvalue weighted by atomic mass is 10.1. The quantitative estimate of drug-likeness (QED) is 0.774. The van der Waals surface area contributed by atoms with E-state index in [1.165, 1.54) is 0 Å². The van der Waals surface area contributed by atoms with E-state index in [-0.39, 0.29) is 12.3 Å². The number of carbonyl (C=O) groups is 1. The summed E-state index contributed by atoms with van der Waals surface area (Å²) in [5.41, 5.74) is 3.41. The highest BCUT2D eigenvalue weighted by Gasteiger charge is 2.09. The molecule has 5 heteroatoms. The van der Waals surface area contributed by atoms with Crippen molar-refractivity contribution in [2.45, 2.75) is 13.3 Å². The number of hydrogen-bond acceptors (Lipinski definition) is 4. The van der Waals surface area contributed by atoms with Crippen molar-refractivity contribution in [3.8, 4) is 17.1 Å². The van der Waals surface area contributed by atoms with E-state index in [2.05, 4.69) is 15.3 Å². The molecule has 1 N–H and O–H groups in total. The SMILES string of the molecule is COc1ccccc1CC(=O)Nc1ccc(-c2nccc(C)n2)cc1. The summed E-state index contributed by atoms with van der Waals surface area (Å²) in [5.74, 6) is 1.29. The highest BCUT2D eigenvalue weighted by molar-refractivity contribution is 5.92. The van der Waals surface area contributed by atoms with Crippen molar-refractivity contribution < 1.29 is 9.53 Å². The minimum absolute atomic E-state index is 0.0935. The summed E-state index contributed by atoms with van der Waals surface area (Å²) in [7, 11) is 1.60. The third-order valence-corrected chi connectivity index (χ3v) is 3.77. The largest absolute Gasteiger partial charge is 0.496 e. The molecule has 1 amide bonds. The van der Waals surface area contributed by atoms with Crippen molar-refractivity contribution in [3.63, 3.8) is 0 Å². The Morgan fingerprint density at radius 3 is 2.56 bits per heavy atom. The Morgan fingerprint density at radius 2 is 1.84 bits per heavy atom. The predicted molar refractivity (Wildman–Crippen MR) is 97.5 cm³/mol. The van der Waals surface area contributed by atoms with E-state index in [4.69, 9.17) is 4.74 Å². The standard InChI is InChI=1S/C20H19N3O2/c1-14-11-12-21-20(22-14)15-7-9-17(10-8-15)23-19(24)13-16-5-3-4-6-18(16)25-2/h3-12H,13H2,1-2H3,(H,23,24). The first-order valence-corrected chi connectivity index (χ1v) is 7.97. The average molecular weight is 333 g/mol. The van der Waals surface area contributed by atoms with Gasteiger partial charge in [0.05, 0.1) is 13.5 Å². The number of carbonyl (C=O) groups excluding carboxylic acids is 1. The molecular formula is C20H19N3O2. The Kier molecular flexibility index (Phi) is 5.04. The molecule has 2 aromatic carbocycles. The molecule has 0 unspecified atom stereocenters. The number of ether oxygens (including phenoxy) is 1. The van der Waals surface area contributed by atoms with Crippen molar-refractivity contribution in [2.24, 2.45) is 0 Å². The molecule has 1 heterocycles. The first kappa shape index (κ1) is 16.6.